The van der Waals surface area contributed by atoms with E-state index in [0.29, 0.717) is 17.9 Å². The van der Waals surface area contributed by atoms with Gasteiger partial charge in [-0.15, -0.1) is 0 Å². The van der Waals surface area contributed by atoms with Crippen LogP contribution in [0.4, 0.5) is 5.69 Å². The van der Waals surface area contributed by atoms with E-state index in [1.165, 1.54) is 11.8 Å². The molecule has 2 aromatic carbocycles. The number of imidazole rings is 1. The highest BCUT2D eigenvalue weighted by molar-refractivity contribution is 7.99. The van der Waals surface area contributed by atoms with Crippen LogP contribution < -0.4 is 14.8 Å². The maximum Gasteiger partial charge on any atom is 0.225 e. The number of amides is 1. The summed E-state index contributed by atoms with van der Waals surface area (Å²) in [4.78, 5) is 24.5. The number of hydrogen-bond acceptors (Lipinski definition) is 6. The van der Waals surface area contributed by atoms with Crippen molar-refractivity contribution in [1.29, 1.82) is 0 Å². The molecule has 7 nitrogen and oxygen atoms in total. The third kappa shape index (κ3) is 5.72. The summed E-state index contributed by atoms with van der Waals surface area (Å²) in [5, 5.41) is 3.60. The molecule has 0 saturated carbocycles. The Morgan fingerprint density at radius 1 is 0.970 bits per heavy atom. The van der Waals surface area contributed by atoms with Crippen LogP contribution in [0, 0.1) is 0 Å². The zero-order valence-electron chi connectivity index (χ0n) is 18.4. The lowest BCUT2D eigenvalue weighted by atomic mass is 10.0. The average molecular weight is 461 g/mol. The molecule has 2 N–H and O–H groups in total. The zero-order valence-corrected chi connectivity index (χ0v) is 19.2. The van der Waals surface area contributed by atoms with Gasteiger partial charge < -0.3 is 19.8 Å². The Morgan fingerprint density at radius 3 is 2.24 bits per heavy atom. The Bertz CT molecular complexity index is 1130. The summed E-state index contributed by atoms with van der Waals surface area (Å²) in [5.74, 6) is 2.10. The Labute approximate surface area is 196 Å². The number of hydrogen-bond donors (Lipinski definition) is 2. The second kappa shape index (κ2) is 10.7. The van der Waals surface area contributed by atoms with E-state index in [1.54, 1.807) is 32.7 Å². The number of ether oxygens (including phenoxy) is 2. The van der Waals surface area contributed by atoms with Crippen molar-refractivity contribution in [3.05, 3.63) is 73.1 Å². The molecule has 1 amide bonds. The third-order valence-corrected chi connectivity index (χ3v) is 5.81. The summed E-state index contributed by atoms with van der Waals surface area (Å²) in [6.07, 6.45) is 3.65. The van der Waals surface area contributed by atoms with Crippen molar-refractivity contribution in [3.63, 3.8) is 0 Å². The molecule has 0 unspecified atom stereocenters. The second-order valence-corrected chi connectivity index (χ2v) is 8.19. The normalized spacial score (nSPS) is 10.6. The summed E-state index contributed by atoms with van der Waals surface area (Å²) in [6, 6.07) is 19.2. The van der Waals surface area contributed by atoms with Crippen LogP contribution in [0.3, 0.4) is 0 Å². The van der Waals surface area contributed by atoms with E-state index in [2.05, 4.69) is 15.3 Å². The molecule has 0 saturated heterocycles. The van der Waals surface area contributed by atoms with Crippen molar-refractivity contribution in [3.8, 4) is 34.0 Å². The van der Waals surface area contributed by atoms with E-state index in [-0.39, 0.29) is 5.91 Å². The van der Waals surface area contributed by atoms with Crippen molar-refractivity contribution in [2.45, 2.75) is 11.6 Å². The number of methoxy groups -OCH3 is 2. The molecule has 0 aliphatic heterocycles. The number of thioether (sulfide) groups is 1. The number of pyridine rings is 1. The second-order valence-electron chi connectivity index (χ2n) is 7.11. The third-order valence-electron chi connectivity index (χ3n) is 4.94. The minimum atomic E-state index is -0.0622. The van der Waals surface area contributed by atoms with E-state index in [0.717, 1.165) is 39.2 Å². The molecule has 4 aromatic rings. The fourth-order valence-electron chi connectivity index (χ4n) is 3.24. The highest BCUT2D eigenvalue weighted by Crippen LogP contribution is 2.34. The molecular weight excluding hydrogens is 436 g/mol. The standard InChI is InChI=1S/C25H24N4O3S/c1-31-20-9-5-17(6-10-20)23-24(18-7-11-21(32-2)12-8-18)29-25(28-23)33-15-13-22(30)27-19-4-3-14-26-16-19/h3-12,14,16H,13,15H2,1-2H3,(H,27,30)(H,28,29). The molecule has 33 heavy (non-hydrogen) atoms. The number of rotatable bonds is 9. The minimum absolute atomic E-state index is 0.0622. The number of nitrogens with zero attached hydrogens (tertiary/aromatic N) is 2. The summed E-state index contributed by atoms with van der Waals surface area (Å²) >= 11 is 1.51. The van der Waals surface area contributed by atoms with Crippen LogP contribution in [0.25, 0.3) is 22.5 Å². The molecule has 0 aliphatic carbocycles. The van der Waals surface area contributed by atoms with Gasteiger partial charge in [-0.3, -0.25) is 9.78 Å². The fraction of sp³-hybridized carbons (Fsp3) is 0.160. The lowest BCUT2D eigenvalue weighted by Crippen LogP contribution is -2.12. The van der Waals surface area contributed by atoms with Gasteiger partial charge in [-0.1, -0.05) is 11.8 Å². The van der Waals surface area contributed by atoms with Crippen LogP contribution in [0.1, 0.15) is 6.42 Å². The Morgan fingerprint density at radius 2 is 1.64 bits per heavy atom. The quantitative estimate of drug-likeness (QED) is 0.331. The first-order valence-corrected chi connectivity index (χ1v) is 11.4. The minimum Gasteiger partial charge on any atom is -0.497 e. The molecule has 0 atom stereocenters. The van der Waals surface area contributed by atoms with Gasteiger partial charge in [0.05, 0.1) is 37.5 Å². The molecule has 0 radical (unpaired) electrons. The van der Waals surface area contributed by atoms with E-state index < -0.39 is 0 Å². The average Bonchev–Trinajstić information content (AvgIpc) is 3.29. The number of carbonyl (C=O) groups excluding carboxylic acids is 1. The molecule has 0 aliphatic rings. The van der Waals surface area contributed by atoms with Crippen LogP contribution in [0.5, 0.6) is 11.5 Å². The predicted octanol–water partition coefficient (Wildman–Crippen LogP) is 5.28. The van der Waals surface area contributed by atoms with Gasteiger partial charge in [0.25, 0.3) is 0 Å². The van der Waals surface area contributed by atoms with Gasteiger partial charge in [0.2, 0.25) is 5.91 Å². The Hall–Kier alpha value is -3.78. The SMILES string of the molecule is COc1ccc(-c2nc(SCCC(=O)Nc3cccnc3)[nH]c2-c2ccc(OC)cc2)cc1. The number of anilines is 1. The first-order chi connectivity index (χ1) is 16.2. The van der Waals surface area contributed by atoms with Crippen LogP contribution >= 0.6 is 11.8 Å². The molecule has 4 rings (SSSR count). The van der Waals surface area contributed by atoms with Crippen molar-refractivity contribution in [1.82, 2.24) is 15.0 Å². The summed E-state index contributed by atoms with van der Waals surface area (Å²) in [6.45, 7) is 0. The smallest absolute Gasteiger partial charge is 0.225 e. The first-order valence-electron chi connectivity index (χ1n) is 10.4. The molecule has 0 spiro atoms. The Balaban J connectivity index is 1.51. The van der Waals surface area contributed by atoms with E-state index in [4.69, 9.17) is 14.5 Å². The molecule has 8 heteroatoms. The van der Waals surface area contributed by atoms with Crippen molar-refractivity contribution < 1.29 is 14.3 Å². The van der Waals surface area contributed by atoms with Crippen molar-refractivity contribution >= 4 is 23.4 Å². The number of H-pyrrole nitrogens is 1. The maximum atomic E-state index is 12.2. The topological polar surface area (TPSA) is 89.1 Å². The first kappa shape index (κ1) is 22.4. The number of aromatic amines is 1. The Kier molecular flexibility index (Phi) is 7.26. The molecule has 2 aromatic heterocycles. The predicted molar refractivity (Wildman–Crippen MR) is 131 cm³/mol. The lowest BCUT2D eigenvalue weighted by Gasteiger charge is -2.06. The number of benzene rings is 2. The van der Waals surface area contributed by atoms with E-state index in [1.807, 2.05) is 54.6 Å². The van der Waals surface area contributed by atoms with E-state index in [9.17, 15) is 4.79 Å². The number of carbonyl (C=O) groups is 1. The summed E-state index contributed by atoms with van der Waals surface area (Å²) in [5.41, 5.74) is 4.40. The van der Waals surface area contributed by atoms with Crippen LogP contribution in [0.2, 0.25) is 0 Å². The van der Waals surface area contributed by atoms with Gasteiger partial charge in [0.1, 0.15) is 11.5 Å². The molecule has 0 fully saturated rings. The van der Waals surface area contributed by atoms with Gasteiger partial charge in [-0.05, 0) is 60.7 Å². The largest absolute Gasteiger partial charge is 0.497 e. The van der Waals surface area contributed by atoms with Crippen LogP contribution in [0.15, 0.2) is 78.2 Å². The van der Waals surface area contributed by atoms with Gasteiger partial charge in [0, 0.05) is 29.5 Å². The molecule has 168 valence electrons. The summed E-state index contributed by atoms with van der Waals surface area (Å²) < 4.78 is 10.6. The zero-order chi connectivity index (χ0) is 23.0. The molecular formula is C25H24N4O3S. The van der Waals surface area contributed by atoms with Crippen molar-refractivity contribution in [2.75, 3.05) is 25.3 Å². The van der Waals surface area contributed by atoms with Crippen molar-refractivity contribution in [2.24, 2.45) is 0 Å². The van der Waals surface area contributed by atoms with Crippen LogP contribution in [-0.4, -0.2) is 40.8 Å². The maximum absolute atomic E-state index is 12.2. The van der Waals surface area contributed by atoms with Gasteiger partial charge in [0.15, 0.2) is 5.16 Å². The fourth-order valence-corrected chi connectivity index (χ4v) is 4.06. The van der Waals surface area contributed by atoms with Gasteiger partial charge in [-0.25, -0.2) is 4.98 Å². The lowest BCUT2D eigenvalue weighted by molar-refractivity contribution is -0.115. The number of nitrogens with one attached hydrogen (secondary N) is 2. The van der Waals surface area contributed by atoms with Crippen LogP contribution in [-0.2, 0) is 4.79 Å². The number of aromatic nitrogens is 3. The van der Waals surface area contributed by atoms with Gasteiger partial charge >= 0.3 is 0 Å². The molecule has 0 bridgehead atoms. The van der Waals surface area contributed by atoms with E-state index >= 15 is 0 Å². The monoisotopic (exact) mass is 460 g/mol. The highest BCUT2D eigenvalue weighted by Gasteiger charge is 2.15. The summed E-state index contributed by atoms with van der Waals surface area (Å²) in [7, 11) is 3.29. The van der Waals surface area contributed by atoms with Gasteiger partial charge in [-0.2, -0.15) is 0 Å². The molecule has 2 heterocycles. The highest BCUT2D eigenvalue weighted by atomic mass is 32.2.